The van der Waals surface area contributed by atoms with Crippen molar-refractivity contribution >= 4 is 10.9 Å². The zero-order valence-electron chi connectivity index (χ0n) is 14.5. The molecule has 0 aliphatic heterocycles. The summed E-state index contributed by atoms with van der Waals surface area (Å²) in [7, 11) is 1.27. The summed E-state index contributed by atoms with van der Waals surface area (Å²) in [5.41, 5.74) is -0.865. The molecule has 3 rings (SSSR count). The van der Waals surface area contributed by atoms with Crippen molar-refractivity contribution in [2.45, 2.75) is 19.0 Å². The van der Waals surface area contributed by atoms with E-state index in [-0.39, 0.29) is 24.3 Å². The van der Waals surface area contributed by atoms with Crippen LogP contribution in [0.5, 0.6) is 5.75 Å². The van der Waals surface area contributed by atoms with Crippen LogP contribution < -0.4 is 10.4 Å². The molecule has 0 unspecified atom stereocenters. The van der Waals surface area contributed by atoms with Crippen LogP contribution in [-0.2, 0) is 12.6 Å². The molecule has 1 aromatic heterocycles. The Kier molecular flexibility index (Phi) is 5.18. The fourth-order valence-corrected chi connectivity index (χ4v) is 2.97. The number of nitrogens with zero attached hydrogens (tertiary/aromatic N) is 2. The highest BCUT2D eigenvalue weighted by Gasteiger charge is 2.33. The van der Waals surface area contributed by atoms with E-state index in [1.165, 1.54) is 7.11 Å². The number of aliphatic hydroxyl groups is 1. The fraction of sp³-hybridized carbons (Fsp3) is 0.263. The zero-order valence-corrected chi connectivity index (χ0v) is 14.5. The number of alkyl halides is 3. The predicted octanol–water partition coefficient (Wildman–Crippen LogP) is 3.34. The van der Waals surface area contributed by atoms with E-state index in [1.807, 2.05) is 0 Å². The molecule has 2 aromatic carbocycles. The third-order valence-corrected chi connectivity index (χ3v) is 4.17. The molecule has 0 aliphatic rings. The van der Waals surface area contributed by atoms with Gasteiger partial charge in [0.15, 0.2) is 0 Å². The van der Waals surface area contributed by atoms with Crippen LogP contribution in [0, 0.1) is 0 Å². The molecule has 3 aromatic rings. The second-order valence-corrected chi connectivity index (χ2v) is 5.91. The summed E-state index contributed by atoms with van der Waals surface area (Å²) in [6.45, 7) is -0.131. The van der Waals surface area contributed by atoms with E-state index < -0.39 is 17.4 Å². The number of aryl methyl sites for hydroxylation is 1. The molecule has 0 saturated carbocycles. The number of fused-ring (bicyclic) bond motifs is 1. The van der Waals surface area contributed by atoms with E-state index >= 15 is 0 Å². The first kappa shape index (κ1) is 18.9. The average molecular weight is 378 g/mol. The van der Waals surface area contributed by atoms with E-state index in [1.54, 1.807) is 30.3 Å². The Balaban J connectivity index is 2.45. The van der Waals surface area contributed by atoms with Gasteiger partial charge in [-0.2, -0.15) is 18.2 Å². The number of halogens is 3. The van der Waals surface area contributed by atoms with E-state index in [2.05, 4.69) is 4.98 Å². The quantitative estimate of drug-likeness (QED) is 0.740. The number of para-hydroxylation sites is 1. The second-order valence-electron chi connectivity index (χ2n) is 5.91. The number of hydrogen-bond acceptors (Lipinski definition) is 4. The summed E-state index contributed by atoms with van der Waals surface area (Å²) in [4.78, 5) is 16.7. The molecule has 0 aliphatic carbocycles. The molecule has 0 spiro atoms. The van der Waals surface area contributed by atoms with Crippen LogP contribution in [0.1, 0.15) is 17.7 Å². The van der Waals surface area contributed by atoms with Gasteiger partial charge in [0.05, 0.1) is 35.0 Å². The van der Waals surface area contributed by atoms with Gasteiger partial charge in [0.25, 0.3) is 0 Å². The monoisotopic (exact) mass is 378 g/mol. The summed E-state index contributed by atoms with van der Waals surface area (Å²) in [5, 5.41) is 9.41. The van der Waals surface area contributed by atoms with Crippen LogP contribution >= 0.6 is 0 Å². The predicted molar refractivity (Wildman–Crippen MR) is 94.3 cm³/mol. The first-order valence-electron chi connectivity index (χ1n) is 8.24. The Labute approximate surface area is 152 Å². The molecular formula is C19H17F3N2O3. The maximum Gasteiger partial charge on any atom is 0.416 e. The van der Waals surface area contributed by atoms with E-state index in [9.17, 15) is 18.0 Å². The van der Waals surface area contributed by atoms with Gasteiger partial charge >= 0.3 is 11.9 Å². The number of rotatable bonds is 5. The van der Waals surface area contributed by atoms with Gasteiger partial charge < -0.3 is 9.84 Å². The van der Waals surface area contributed by atoms with Crippen molar-refractivity contribution < 1.29 is 23.0 Å². The molecule has 1 heterocycles. The molecule has 0 amide bonds. The summed E-state index contributed by atoms with van der Waals surface area (Å²) >= 11 is 0. The SMILES string of the molecule is COc1cc(C(F)(F)F)cc2c1c(CCCO)nc(=O)n2-c1ccccc1. The van der Waals surface area contributed by atoms with Crippen molar-refractivity contribution in [1.82, 2.24) is 9.55 Å². The van der Waals surface area contributed by atoms with Crippen LogP contribution in [0.25, 0.3) is 16.6 Å². The van der Waals surface area contributed by atoms with Crippen molar-refractivity contribution in [3.05, 3.63) is 64.2 Å². The molecule has 0 atom stereocenters. The normalized spacial score (nSPS) is 11.7. The molecule has 142 valence electrons. The maximum absolute atomic E-state index is 13.4. The minimum Gasteiger partial charge on any atom is -0.496 e. The molecule has 0 saturated heterocycles. The largest absolute Gasteiger partial charge is 0.496 e. The summed E-state index contributed by atoms with van der Waals surface area (Å²) in [5.74, 6) is -0.0232. The van der Waals surface area contributed by atoms with Crippen molar-refractivity contribution in [2.24, 2.45) is 0 Å². The number of aromatic nitrogens is 2. The molecule has 27 heavy (non-hydrogen) atoms. The first-order valence-corrected chi connectivity index (χ1v) is 8.24. The van der Waals surface area contributed by atoms with Gasteiger partial charge in [0, 0.05) is 6.61 Å². The number of ether oxygens (including phenoxy) is 1. The van der Waals surface area contributed by atoms with Gasteiger partial charge in [0.2, 0.25) is 0 Å². The maximum atomic E-state index is 13.4. The second kappa shape index (κ2) is 7.40. The fourth-order valence-electron chi connectivity index (χ4n) is 2.97. The van der Waals surface area contributed by atoms with Crippen LogP contribution in [0.2, 0.25) is 0 Å². The van der Waals surface area contributed by atoms with Crippen molar-refractivity contribution in [1.29, 1.82) is 0 Å². The minimum atomic E-state index is -4.60. The topological polar surface area (TPSA) is 64.3 Å². The number of hydrogen-bond donors (Lipinski definition) is 1. The molecule has 0 bridgehead atoms. The standard InChI is InChI=1S/C19H17F3N2O3/c1-27-16-11-12(19(20,21)22)10-15-17(16)14(8-5-9-25)23-18(26)24(15)13-6-3-2-4-7-13/h2-4,6-7,10-11,25H,5,8-9H2,1H3. The lowest BCUT2D eigenvalue weighted by Gasteiger charge is -2.17. The van der Waals surface area contributed by atoms with Gasteiger partial charge in [-0.1, -0.05) is 18.2 Å². The lowest BCUT2D eigenvalue weighted by molar-refractivity contribution is -0.137. The van der Waals surface area contributed by atoms with Crippen molar-refractivity contribution in [3.63, 3.8) is 0 Å². The van der Waals surface area contributed by atoms with Gasteiger partial charge in [-0.25, -0.2) is 4.79 Å². The zero-order chi connectivity index (χ0) is 19.6. The third-order valence-electron chi connectivity index (χ3n) is 4.17. The molecule has 5 nitrogen and oxygen atoms in total. The van der Waals surface area contributed by atoms with Crippen molar-refractivity contribution in [2.75, 3.05) is 13.7 Å². The van der Waals surface area contributed by atoms with Gasteiger partial charge in [-0.05, 0) is 37.1 Å². The molecular weight excluding hydrogens is 361 g/mol. The Hall–Kier alpha value is -2.87. The van der Waals surface area contributed by atoms with Crippen LogP contribution in [0.3, 0.4) is 0 Å². The lowest BCUT2D eigenvalue weighted by Crippen LogP contribution is -2.24. The Morgan fingerprint density at radius 1 is 1.19 bits per heavy atom. The highest BCUT2D eigenvalue weighted by molar-refractivity contribution is 5.89. The van der Waals surface area contributed by atoms with Gasteiger partial charge in [0.1, 0.15) is 5.75 Å². The lowest BCUT2D eigenvalue weighted by atomic mass is 10.0. The summed E-state index contributed by atoms with van der Waals surface area (Å²) < 4.78 is 46.5. The van der Waals surface area contributed by atoms with Crippen molar-refractivity contribution in [3.8, 4) is 11.4 Å². The van der Waals surface area contributed by atoms with Crippen LogP contribution in [0.4, 0.5) is 13.2 Å². The highest BCUT2D eigenvalue weighted by Crippen LogP contribution is 2.37. The van der Waals surface area contributed by atoms with E-state index in [0.717, 1.165) is 16.7 Å². The van der Waals surface area contributed by atoms with Gasteiger partial charge in [-0.15, -0.1) is 0 Å². The van der Waals surface area contributed by atoms with E-state index in [4.69, 9.17) is 9.84 Å². The molecule has 0 fully saturated rings. The smallest absolute Gasteiger partial charge is 0.416 e. The van der Waals surface area contributed by atoms with E-state index in [0.29, 0.717) is 23.2 Å². The average Bonchev–Trinajstić information content (AvgIpc) is 2.65. The highest BCUT2D eigenvalue weighted by atomic mass is 19.4. The third kappa shape index (κ3) is 3.66. The minimum absolute atomic E-state index is 0.0232. The number of methoxy groups -OCH3 is 1. The Morgan fingerprint density at radius 2 is 1.89 bits per heavy atom. The number of benzene rings is 2. The Bertz CT molecular complexity index is 1010. The number of aliphatic hydroxyl groups excluding tert-OH is 1. The molecule has 1 N–H and O–H groups in total. The van der Waals surface area contributed by atoms with Crippen LogP contribution in [0.15, 0.2) is 47.3 Å². The summed E-state index contributed by atoms with van der Waals surface area (Å²) in [6, 6.07) is 10.1. The summed E-state index contributed by atoms with van der Waals surface area (Å²) in [6.07, 6.45) is -4.05. The first-order chi connectivity index (χ1) is 12.9. The van der Waals surface area contributed by atoms with Gasteiger partial charge in [-0.3, -0.25) is 4.57 Å². The molecule has 0 radical (unpaired) electrons. The molecule has 8 heteroatoms. The van der Waals surface area contributed by atoms with Crippen LogP contribution in [-0.4, -0.2) is 28.4 Å². The Morgan fingerprint density at radius 3 is 2.48 bits per heavy atom.